The summed E-state index contributed by atoms with van der Waals surface area (Å²) in [4.78, 5) is 7.98. The van der Waals surface area contributed by atoms with Crippen molar-refractivity contribution < 1.29 is 5.11 Å². The minimum atomic E-state index is -0.246. The summed E-state index contributed by atoms with van der Waals surface area (Å²) >= 11 is 1.62. The second-order valence-electron chi connectivity index (χ2n) is 3.59. The van der Waals surface area contributed by atoms with Gasteiger partial charge >= 0.3 is 0 Å². The monoisotopic (exact) mass is 227 g/mol. The molecular weight excluding hydrogens is 210 g/mol. The van der Waals surface area contributed by atoms with Crippen LogP contribution in [-0.2, 0) is 0 Å². The molecule has 2 N–H and O–H groups in total. The third kappa shape index (κ3) is 4.15. The van der Waals surface area contributed by atoms with E-state index in [1.54, 1.807) is 18.0 Å². The summed E-state index contributed by atoms with van der Waals surface area (Å²) in [6, 6.07) is 1.87. The van der Waals surface area contributed by atoms with Gasteiger partial charge in [-0.25, -0.2) is 9.97 Å². The first-order chi connectivity index (χ1) is 7.20. The molecule has 4 nitrogen and oxygen atoms in total. The van der Waals surface area contributed by atoms with Crippen LogP contribution in [-0.4, -0.2) is 39.5 Å². The van der Waals surface area contributed by atoms with Crippen molar-refractivity contribution in [1.82, 2.24) is 15.3 Å². The molecular formula is C10H17N3OS. The average Bonchev–Trinajstić information content (AvgIpc) is 2.28. The van der Waals surface area contributed by atoms with E-state index in [-0.39, 0.29) is 12.1 Å². The molecule has 0 spiro atoms. The molecule has 0 aliphatic carbocycles. The highest BCUT2D eigenvalue weighted by molar-refractivity contribution is 7.99. The molecule has 0 saturated carbocycles. The zero-order valence-corrected chi connectivity index (χ0v) is 9.92. The lowest BCUT2D eigenvalue weighted by molar-refractivity contribution is 0.194. The van der Waals surface area contributed by atoms with E-state index in [9.17, 15) is 5.11 Å². The molecule has 84 valence electrons. The van der Waals surface area contributed by atoms with Crippen LogP contribution in [0.3, 0.4) is 0 Å². The zero-order chi connectivity index (χ0) is 11.1. The van der Waals surface area contributed by atoms with Crippen LogP contribution < -0.4 is 5.32 Å². The Morgan fingerprint density at radius 2 is 2.40 bits per heavy atom. The van der Waals surface area contributed by atoms with E-state index in [0.717, 1.165) is 17.3 Å². The number of hydrogen-bond donors (Lipinski definition) is 2. The summed E-state index contributed by atoms with van der Waals surface area (Å²) < 4.78 is 0. The van der Waals surface area contributed by atoms with E-state index in [1.807, 2.05) is 19.9 Å². The Labute approximate surface area is 94.5 Å². The number of aromatic nitrogens is 2. The average molecular weight is 227 g/mol. The largest absolute Gasteiger partial charge is 0.394 e. The normalized spacial score (nSPS) is 14.9. The van der Waals surface area contributed by atoms with Crippen molar-refractivity contribution >= 4 is 11.8 Å². The van der Waals surface area contributed by atoms with Crippen molar-refractivity contribution in [2.45, 2.75) is 24.4 Å². The van der Waals surface area contributed by atoms with Crippen LogP contribution in [0, 0.1) is 0 Å². The van der Waals surface area contributed by atoms with E-state index in [2.05, 4.69) is 15.3 Å². The van der Waals surface area contributed by atoms with E-state index in [0.29, 0.717) is 0 Å². The zero-order valence-electron chi connectivity index (χ0n) is 9.10. The van der Waals surface area contributed by atoms with Crippen molar-refractivity contribution in [3.05, 3.63) is 18.6 Å². The molecule has 0 radical (unpaired) electrons. The maximum absolute atomic E-state index is 9.29. The highest BCUT2D eigenvalue weighted by Crippen LogP contribution is 2.19. The van der Waals surface area contributed by atoms with Crippen LogP contribution in [0.15, 0.2) is 23.6 Å². The molecule has 0 aliphatic rings. The number of likely N-dealkylation sites (N-methyl/N-ethyl adjacent to an activating group) is 1. The second kappa shape index (κ2) is 6.05. The fraction of sp³-hybridized carbons (Fsp3) is 0.600. The van der Waals surface area contributed by atoms with E-state index in [1.165, 1.54) is 6.33 Å². The number of nitrogens with one attached hydrogen (secondary N) is 1. The minimum Gasteiger partial charge on any atom is -0.394 e. The predicted octanol–water partition coefficient (Wildman–Crippen LogP) is 0.929. The van der Waals surface area contributed by atoms with Gasteiger partial charge in [0.2, 0.25) is 0 Å². The first-order valence-electron chi connectivity index (χ1n) is 4.95. The second-order valence-corrected chi connectivity index (χ2v) is 4.58. The van der Waals surface area contributed by atoms with Gasteiger partial charge in [-0.1, -0.05) is 6.92 Å². The molecule has 0 aromatic carbocycles. The van der Waals surface area contributed by atoms with Gasteiger partial charge in [-0.2, -0.15) is 0 Å². The van der Waals surface area contributed by atoms with Crippen LogP contribution in [0.5, 0.6) is 0 Å². The molecule has 1 rings (SSSR count). The van der Waals surface area contributed by atoms with Gasteiger partial charge in [0, 0.05) is 17.5 Å². The van der Waals surface area contributed by atoms with E-state index in [4.69, 9.17) is 0 Å². The Balaban J connectivity index is 2.47. The quantitative estimate of drug-likeness (QED) is 0.559. The maximum Gasteiger partial charge on any atom is 0.116 e. The Bertz CT molecular complexity index is 283. The molecule has 0 amide bonds. The molecule has 1 unspecified atom stereocenters. The van der Waals surface area contributed by atoms with Crippen LogP contribution >= 0.6 is 11.8 Å². The topological polar surface area (TPSA) is 58.0 Å². The summed E-state index contributed by atoms with van der Waals surface area (Å²) in [7, 11) is 0. The fourth-order valence-corrected chi connectivity index (χ4v) is 2.12. The molecule has 1 heterocycles. The molecule has 1 atom stereocenters. The molecule has 0 fully saturated rings. The van der Waals surface area contributed by atoms with E-state index >= 15 is 0 Å². The van der Waals surface area contributed by atoms with Crippen LogP contribution in [0.25, 0.3) is 0 Å². The lowest BCUT2D eigenvalue weighted by atomic mass is 10.1. The lowest BCUT2D eigenvalue weighted by Crippen LogP contribution is -2.47. The number of rotatable bonds is 6. The summed E-state index contributed by atoms with van der Waals surface area (Å²) in [6.07, 6.45) is 3.25. The summed E-state index contributed by atoms with van der Waals surface area (Å²) in [5.41, 5.74) is -0.246. The van der Waals surface area contributed by atoms with E-state index < -0.39 is 0 Å². The van der Waals surface area contributed by atoms with Gasteiger partial charge in [0.15, 0.2) is 0 Å². The van der Waals surface area contributed by atoms with Crippen molar-refractivity contribution in [2.75, 3.05) is 18.9 Å². The summed E-state index contributed by atoms with van der Waals surface area (Å²) in [5, 5.41) is 13.5. The molecule has 0 bridgehead atoms. The van der Waals surface area contributed by atoms with Crippen LogP contribution in [0.4, 0.5) is 0 Å². The molecule has 0 aliphatic heterocycles. The Morgan fingerprint density at radius 3 is 2.93 bits per heavy atom. The van der Waals surface area contributed by atoms with Crippen molar-refractivity contribution in [3.63, 3.8) is 0 Å². The van der Waals surface area contributed by atoms with Gasteiger partial charge in [-0.3, -0.25) is 0 Å². The highest BCUT2D eigenvalue weighted by atomic mass is 32.2. The number of hydrogen-bond acceptors (Lipinski definition) is 5. The molecule has 1 aromatic heterocycles. The molecule has 0 saturated heterocycles. The van der Waals surface area contributed by atoms with Crippen molar-refractivity contribution in [1.29, 1.82) is 0 Å². The summed E-state index contributed by atoms with van der Waals surface area (Å²) in [6.45, 7) is 5.01. The van der Waals surface area contributed by atoms with Gasteiger partial charge < -0.3 is 10.4 Å². The molecule has 5 heteroatoms. The van der Waals surface area contributed by atoms with Crippen LogP contribution in [0.2, 0.25) is 0 Å². The fourth-order valence-electron chi connectivity index (χ4n) is 1.18. The van der Waals surface area contributed by atoms with Gasteiger partial charge in [-0.05, 0) is 19.5 Å². The lowest BCUT2D eigenvalue weighted by Gasteiger charge is -2.27. The Hall–Kier alpha value is -0.650. The minimum absolute atomic E-state index is 0.124. The summed E-state index contributed by atoms with van der Waals surface area (Å²) in [5.74, 6) is 0.786. The van der Waals surface area contributed by atoms with Crippen LogP contribution in [0.1, 0.15) is 13.8 Å². The third-order valence-corrected chi connectivity index (χ3v) is 3.36. The SMILES string of the molecule is CCNC(C)(CO)CSc1ccncn1. The third-order valence-electron chi connectivity index (χ3n) is 2.05. The number of aliphatic hydroxyl groups is 1. The number of aliphatic hydroxyl groups excluding tert-OH is 1. The number of thioether (sulfide) groups is 1. The van der Waals surface area contributed by atoms with Gasteiger partial charge in [0.25, 0.3) is 0 Å². The van der Waals surface area contributed by atoms with Gasteiger partial charge in [0.05, 0.1) is 11.6 Å². The maximum atomic E-state index is 9.29. The Kier molecular flexibility index (Phi) is 5.01. The smallest absolute Gasteiger partial charge is 0.116 e. The number of nitrogens with zero attached hydrogens (tertiary/aromatic N) is 2. The standard InChI is InChI=1S/C10H17N3OS/c1-3-13-10(2,6-14)7-15-9-4-5-11-8-12-9/h4-5,8,13-14H,3,6-7H2,1-2H3. The van der Waals surface area contributed by atoms with Gasteiger partial charge in [-0.15, -0.1) is 11.8 Å². The van der Waals surface area contributed by atoms with Crippen molar-refractivity contribution in [2.24, 2.45) is 0 Å². The Morgan fingerprint density at radius 1 is 1.60 bits per heavy atom. The first kappa shape index (κ1) is 12.4. The molecule has 15 heavy (non-hydrogen) atoms. The molecule has 1 aromatic rings. The van der Waals surface area contributed by atoms with Crippen molar-refractivity contribution in [3.8, 4) is 0 Å². The predicted molar refractivity (Wildman–Crippen MR) is 61.9 cm³/mol. The highest BCUT2D eigenvalue weighted by Gasteiger charge is 2.22. The van der Waals surface area contributed by atoms with Gasteiger partial charge in [0.1, 0.15) is 6.33 Å². The first-order valence-corrected chi connectivity index (χ1v) is 5.93.